The predicted molar refractivity (Wildman–Crippen MR) is 85.2 cm³/mol. The second-order valence-electron chi connectivity index (χ2n) is 5.90. The fourth-order valence-electron chi connectivity index (χ4n) is 3.40. The number of thiophene rings is 1. The number of nitrogens with one attached hydrogen (secondary N) is 1. The largest absolute Gasteiger partial charge is 0.376 e. The Morgan fingerprint density at radius 3 is 3.27 bits per heavy atom. The smallest absolute Gasteiger partial charge is 0.272 e. The van der Waals surface area contributed by atoms with E-state index in [1.165, 1.54) is 10.4 Å². The van der Waals surface area contributed by atoms with Crippen LogP contribution in [0.2, 0.25) is 0 Å². The zero-order chi connectivity index (χ0) is 15.1. The van der Waals surface area contributed by atoms with Crippen molar-refractivity contribution in [2.75, 3.05) is 13.2 Å². The second kappa shape index (κ2) is 5.52. The first-order chi connectivity index (χ1) is 10.7. The standard InChI is InChI=1S/C16H19N3O2S/c1-19-15-11-6-8-22-13(11)5-4-12(15)14(18-19)16(20)17-9-10-3-2-7-21-10/h6,8,10H,2-5,7,9H2,1H3,(H,17,20)/t10-/m0/s1. The van der Waals surface area contributed by atoms with E-state index in [1.807, 2.05) is 11.7 Å². The second-order valence-corrected chi connectivity index (χ2v) is 6.90. The summed E-state index contributed by atoms with van der Waals surface area (Å²) in [5.74, 6) is -0.0778. The average Bonchev–Trinajstić information content (AvgIpc) is 3.24. The van der Waals surface area contributed by atoms with Gasteiger partial charge in [-0.05, 0) is 37.1 Å². The molecule has 6 heteroatoms. The van der Waals surface area contributed by atoms with Gasteiger partial charge in [0, 0.05) is 36.2 Å². The van der Waals surface area contributed by atoms with Gasteiger partial charge in [-0.1, -0.05) is 0 Å². The van der Waals surface area contributed by atoms with Crippen molar-refractivity contribution in [3.05, 3.63) is 27.6 Å². The minimum atomic E-state index is -0.0778. The first-order valence-electron chi connectivity index (χ1n) is 7.76. The van der Waals surface area contributed by atoms with E-state index in [9.17, 15) is 4.79 Å². The Balaban J connectivity index is 1.58. The molecule has 0 aromatic carbocycles. The number of carbonyl (C=O) groups is 1. The van der Waals surface area contributed by atoms with Crippen molar-refractivity contribution < 1.29 is 9.53 Å². The average molecular weight is 317 g/mol. The summed E-state index contributed by atoms with van der Waals surface area (Å²) in [6.45, 7) is 1.38. The molecule has 22 heavy (non-hydrogen) atoms. The van der Waals surface area contributed by atoms with Crippen molar-refractivity contribution in [3.8, 4) is 11.3 Å². The number of fused-ring (bicyclic) bond motifs is 3. The van der Waals surface area contributed by atoms with Crippen LogP contribution < -0.4 is 5.32 Å². The van der Waals surface area contributed by atoms with Gasteiger partial charge in [-0.2, -0.15) is 5.10 Å². The molecule has 3 heterocycles. The number of aryl methyl sites for hydroxylation is 2. The number of nitrogens with zero attached hydrogens (tertiary/aromatic N) is 2. The van der Waals surface area contributed by atoms with Gasteiger partial charge in [0.25, 0.3) is 5.91 Å². The lowest BCUT2D eigenvalue weighted by atomic mass is 9.94. The topological polar surface area (TPSA) is 56.2 Å². The summed E-state index contributed by atoms with van der Waals surface area (Å²) in [5.41, 5.74) is 4.00. The Labute approximate surface area is 133 Å². The Morgan fingerprint density at radius 2 is 2.45 bits per heavy atom. The number of amides is 1. The fourth-order valence-corrected chi connectivity index (χ4v) is 4.28. The van der Waals surface area contributed by atoms with Gasteiger partial charge in [-0.15, -0.1) is 11.3 Å². The summed E-state index contributed by atoms with van der Waals surface area (Å²) < 4.78 is 7.40. The molecule has 4 rings (SSSR count). The van der Waals surface area contributed by atoms with Crippen LogP contribution in [0, 0.1) is 0 Å². The lowest BCUT2D eigenvalue weighted by Crippen LogP contribution is -2.32. The van der Waals surface area contributed by atoms with Crippen LogP contribution in [0.3, 0.4) is 0 Å². The normalized spacial score (nSPS) is 19.8. The van der Waals surface area contributed by atoms with Crippen LogP contribution in [-0.4, -0.2) is 34.9 Å². The maximum Gasteiger partial charge on any atom is 0.272 e. The Hall–Kier alpha value is -1.66. The van der Waals surface area contributed by atoms with Gasteiger partial charge in [0.2, 0.25) is 0 Å². The maximum atomic E-state index is 12.5. The van der Waals surface area contributed by atoms with E-state index in [2.05, 4.69) is 21.9 Å². The van der Waals surface area contributed by atoms with E-state index in [1.54, 1.807) is 11.3 Å². The highest BCUT2D eigenvalue weighted by Gasteiger charge is 2.28. The van der Waals surface area contributed by atoms with E-state index in [4.69, 9.17) is 4.74 Å². The van der Waals surface area contributed by atoms with E-state index in [0.29, 0.717) is 12.2 Å². The molecule has 1 aliphatic carbocycles. The number of rotatable bonds is 3. The van der Waals surface area contributed by atoms with Gasteiger partial charge >= 0.3 is 0 Å². The number of ether oxygens (including phenoxy) is 1. The van der Waals surface area contributed by atoms with Crippen LogP contribution in [0.15, 0.2) is 11.4 Å². The van der Waals surface area contributed by atoms with Crippen LogP contribution in [0.25, 0.3) is 11.3 Å². The highest BCUT2D eigenvalue weighted by atomic mass is 32.1. The first-order valence-corrected chi connectivity index (χ1v) is 8.64. The van der Waals surface area contributed by atoms with Crippen LogP contribution in [0.5, 0.6) is 0 Å². The third-order valence-electron chi connectivity index (χ3n) is 4.48. The number of aromatic nitrogens is 2. The highest BCUT2D eigenvalue weighted by Crippen LogP contribution is 2.37. The van der Waals surface area contributed by atoms with Gasteiger partial charge in [-0.25, -0.2) is 0 Å². The molecule has 5 nitrogen and oxygen atoms in total. The molecule has 1 aliphatic heterocycles. The van der Waals surface area contributed by atoms with Crippen LogP contribution in [-0.2, 0) is 24.6 Å². The van der Waals surface area contributed by atoms with E-state index in [-0.39, 0.29) is 12.0 Å². The van der Waals surface area contributed by atoms with Crippen molar-refractivity contribution >= 4 is 17.2 Å². The quantitative estimate of drug-likeness (QED) is 0.944. The summed E-state index contributed by atoms with van der Waals surface area (Å²) >= 11 is 1.78. The maximum absolute atomic E-state index is 12.5. The van der Waals surface area contributed by atoms with Crippen molar-refractivity contribution in [3.63, 3.8) is 0 Å². The Kier molecular flexibility index (Phi) is 3.50. The summed E-state index contributed by atoms with van der Waals surface area (Å²) in [6, 6.07) is 2.13. The third kappa shape index (κ3) is 2.27. The van der Waals surface area contributed by atoms with E-state index < -0.39 is 0 Å². The summed E-state index contributed by atoms with van der Waals surface area (Å²) in [4.78, 5) is 13.9. The van der Waals surface area contributed by atoms with Crippen LogP contribution in [0.4, 0.5) is 0 Å². The molecule has 0 radical (unpaired) electrons. The van der Waals surface area contributed by atoms with Gasteiger partial charge < -0.3 is 10.1 Å². The molecule has 0 unspecified atom stereocenters. The zero-order valence-electron chi connectivity index (χ0n) is 12.6. The van der Waals surface area contributed by atoms with Gasteiger partial charge in [-0.3, -0.25) is 9.48 Å². The Bertz CT molecular complexity index is 713. The monoisotopic (exact) mass is 317 g/mol. The molecule has 1 fully saturated rings. The predicted octanol–water partition coefficient (Wildman–Crippen LogP) is 2.16. The highest BCUT2D eigenvalue weighted by molar-refractivity contribution is 7.10. The van der Waals surface area contributed by atoms with Crippen molar-refractivity contribution in [2.24, 2.45) is 7.05 Å². The molecule has 116 valence electrons. The summed E-state index contributed by atoms with van der Waals surface area (Å²) in [6.07, 6.45) is 4.16. The summed E-state index contributed by atoms with van der Waals surface area (Å²) in [7, 11) is 1.92. The molecular weight excluding hydrogens is 298 g/mol. The molecule has 2 aromatic rings. The summed E-state index contributed by atoms with van der Waals surface area (Å²) in [5, 5.41) is 9.58. The van der Waals surface area contributed by atoms with Gasteiger partial charge in [0.1, 0.15) is 0 Å². The molecule has 0 saturated carbocycles. The van der Waals surface area contributed by atoms with Gasteiger partial charge in [0.15, 0.2) is 5.69 Å². The van der Waals surface area contributed by atoms with Crippen LogP contribution >= 0.6 is 11.3 Å². The van der Waals surface area contributed by atoms with Gasteiger partial charge in [0.05, 0.1) is 11.8 Å². The molecular formula is C16H19N3O2S. The lowest BCUT2D eigenvalue weighted by molar-refractivity contribution is 0.0852. The Morgan fingerprint density at radius 1 is 1.55 bits per heavy atom. The molecule has 1 saturated heterocycles. The zero-order valence-corrected chi connectivity index (χ0v) is 13.4. The minimum Gasteiger partial charge on any atom is -0.376 e. The molecule has 0 bridgehead atoms. The van der Waals surface area contributed by atoms with Crippen molar-refractivity contribution in [1.29, 1.82) is 0 Å². The molecule has 1 N–H and O–H groups in total. The molecule has 1 amide bonds. The van der Waals surface area contributed by atoms with Crippen molar-refractivity contribution in [2.45, 2.75) is 31.8 Å². The molecule has 0 spiro atoms. The molecule has 2 aromatic heterocycles. The minimum absolute atomic E-state index is 0.0778. The van der Waals surface area contributed by atoms with E-state index >= 15 is 0 Å². The molecule has 2 aliphatic rings. The number of carbonyl (C=O) groups excluding carboxylic acids is 1. The van der Waals surface area contributed by atoms with Crippen molar-refractivity contribution in [1.82, 2.24) is 15.1 Å². The lowest BCUT2D eigenvalue weighted by Gasteiger charge is -2.14. The first kappa shape index (κ1) is 14.0. The van der Waals surface area contributed by atoms with Crippen LogP contribution in [0.1, 0.15) is 33.8 Å². The molecule has 1 atom stereocenters. The number of hydrogen-bond donors (Lipinski definition) is 1. The third-order valence-corrected chi connectivity index (χ3v) is 5.46. The fraction of sp³-hybridized carbons (Fsp3) is 0.500. The van der Waals surface area contributed by atoms with E-state index in [0.717, 1.165) is 43.5 Å². The number of hydrogen-bond acceptors (Lipinski definition) is 4. The SMILES string of the molecule is Cn1nc(C(=O)NC[C@@H]2CCCO2)c2c1-c1ccsc1CC2.